The highest BCUT2D eigenvalue weighted by molar-refractivity contribution is 5.82. The number of amides is 1. The number of hydrogen-bond donors (Lipinski definition) is 1. The molecule has 1 saturated carbocycles. The van der Waals surface area contributed by atoms with Crippen LogP contribution < -0.4 is 10.1 Å². The highest BCUT2D eigenvalue weighted by Gasteiger charge is 2.29. The Labute approximate surface area is 117 Å². The zero-order chi connectivity index (χ0) is 13.9. The van der Waals surface area contributed by atoms with E-state index in [4.69, 9.17) is 9.47 Å². The molecular formula is C15H18FNO3. The summed E-state index contributed by atoms with van der Waals surface area (Å²) in [4.78, 5) is 11.9. The van der Waals surface area contributed by atoms with E-state index in [9.17, 15) is 9.18 Å². The predicted molar refractivity (Wildman–Crippen MR) is 71.1 cm³/mol. The summed E-state index contributed by atoms with van der Waals surface area (Å²) in [6, 6.07) is 4.32. The molecule has 0 aromatic heterocycles. The summed E-state index contributed by atoms with van der Waals surface area (Å²) in [5, 5.41) is 2.79. The molecule has 0 bridgehead atoms. The van der Waals surface area contributed by atoms with Gasteiger partial charge in [-0.3, -0.25) is 4.79 Å². The van der Waals surface area contributed by atoms with Gasteiger partial charge in [0.1, 0.15) is 11.6 Å². The molecule has 0 saturated heterocycles. The summed E-state index contributed by atoms with van der Waals surface area (Å²) in [5.41, 5.74) is 0.745. The van der Waals surface area contributed by atoms with Crippen LogP contribution in [0.15, 0.2) is 18.2 Å². The average molecular weight is 279 g/mol. The minimum Gasteiger partial charge on any atom is -0.480 e. The normalized spacial score (nSPS) is 20.4. The van der Waals surface area contributed by atoms with Gasteiger partial charge in [0.2, 0.25) is 0 Å². The fourth-order valence-corrected chi connectivity index (χ4v) is 2.26. The number of benzene rings is 1. The van der Waals surface area contributed by atoms with Gasteiger partial charge in [0, 0.05) is 25.1 Å². The molecule has 1 N–H and O–H groups in total. The average Bonchev–Trinajstić information content (AvgIpc) is 3.15. The molecule has 1 aromatic carbocycles. The maximum absolute atomic E-state index is 13.1. The van der Waals surface area contributed by atoms with Gasteiger partial charge in [0.25, 0.3) is 5.91 Å². The highest BCUT2D eigenvalue weighted by atomic mass is 19.1. The Kier molecular flexibility index (Phi) is 3.87. The Morgan fingerprint density at radius 1 is 1.45 bits per heavy atom. The van der Waals surface area contributed by atoms with Gasteiger partial charge < -0.3 is 14.8 Å². The lowest BCUT2D eigenvalue weighted by atomic mass is 10.1. The van der Waals surface area contributed by atoms with Crippen molar-refractivity contribution in [3.8, 4) is 5.75 Å². The van der Waals surface area contributed by atoms with Crippen LogP contribution in [0.2, 0.25) is 0 Å². The van der Waals surface area contributed by atoms with Gasteiger partial charge in [0.05, 0.1) is 6.61 Å². The maximum atomic E-state index is 13.1. The second-order valence-corrected chi connectivity index (χ2v) is 5.37. The molecule has 1 fully saturated rings. The molecule has 1 aliphatic carbocycles. The molecule has 108 valence electrons. The van der Waals surface area contributed by atoms with E-state index in [0.29, 0.717) is 25.3 Å². The smallest absolute Gasteiger partial charge is 0.261 e. The zero-order valence-corrected chi connectivity index (χ0v) is 11.2. The molecule has 0 radical (unpaired) electrons. The highest BCUT2D eigenvalue weighted by Crippen LogP contribution is 2.29. The van der Waals surface area contributed by atoms with Crippen molar-refractivity contribution in [1.29, 1.82) is 0 Å². The SMILES string of the molecule is O=C(NCCOCC1CC1)[C@H]1Cc2cc(F)ccc2O1. The van der Waals surface area contributed by atoms with Gasteiger partial charge in [0.15, 0.2) is 6.10 Å². The van der Waals surface area contributed by atoms with Crippen molar-refractivity contribution >= 4 is 5.91 Å². The van der Waals surface area contributed by atoms with Crippen LogP contribution in [-0.4, -0.2) is 31.8 Å². The Bertz CT molecular complexity index is 502. The van der Waals surface area contributed by atoms with Crippen molar-refractivity contribution in [2.24, 2.45) is 5.92 Å². The molecule has 1 atom stereocenters. The van der Waals surface area contributed by atoms with Gasteiger partial charge in [-0.15, -0.1) is 0 Å². The number of nitrogens with one attached hydrogen (secondary N) is 1. The van der Waals surface area contributed by atoms with Crippen LogP contribution in [0, 0.1) is 11.7 Å². The van der Waals surface area contributed by atoms with Crippen LogP contribution >= 0.6 is 0 Å². The third-order valence-electron chi connectivity index (χ3n) is 3.59. The quantitative estimate of drug-likeness (QED) is 0.806. The second kappa shape index (κ2) is 5.79. The van der Waals surface area contributed by atoms with Crippen molar-refractivity contribution in [2.75, 3.05) is 19.8 Å². The van der Waals surface area contributed by atoms with E-state index in [0.717, 1.165) is 18.1 Å². The molecular weight excluding hydrogens is 261 g/mol. The third kappa shape index (κ3) is 3.28. The van der Waals surface area contributed by atoms with Gasteiger partial charge in [-0.05, 0) is 37.0 Å². The summed E-state index contributed by atoms with van der Waals surface area (Å²) in [7, 11) is 0. The van der Waals surface area contributed by atoms with E-state index in [1.54, 1.807) is 6.07 Å². The molecule has 4 nitrogen and oxygen atoms in total. The molecule has 1 aromatic rings. The van der Waals surface area contributed by atoms with Crippen LogP contribution in [-0.2, 0) is 16.0 Å². The molecule has 3 rings (SSSR count). The van der Waals surface area contributed by atoms with E-state index >= 15 is 0 Å². The summed E-state index contributed by atoms with van der Waals surface area (Å²) >= 11 is 0. The van der Waals surface area contributed by atoms with Crippen LogP contribution in [0.5, 0.6) is 5.75 Å². The van der Waals surface area contributed by atoms with Crippen molar-refractivity contribution in [1.82, 2.24) is 5.32 Å². The number of ether oxygens (including phenoxy) is 2. The van der Waals surface area contributed by atoms with Crippen LogP contribution in [0.4, 0.5) is 4.39 Å². The fraction of sp³-hybridized carbons (Fsp3) is 0.533. The van der Waals surface area contributed by atoms with Gasteiger partial charge in [-0.2, -0.15) is 0 Å². The first kappa shape index (κ1) is 13.4. The van der Waals surface area contributed by atoms with E-state index in [1.165, 1.54) is 25.0 Å². The van der Waals surface area contributed by atoms with Gasteiger partial charge >= 0.3 is 0 Å². The molecule has 1 heterocycles. The lowest BCUT2D eigenvalue weighted by molar-refractivity contribution is -0.127. The first-order chi connectivity index (χ1) is 9.72. The third-order valence-corrected chi connectivity index (χ3v) is 3.59. The van der Waals surface area contributed by atoms with Crippen LogP contribution in [0.1, 0.15) is 18.4 Å². The number of fused-ring (bicyclic) bond motifs is 1. The first-order valence-electron chi connectivity index (χ1n) is 7.03. The van der Waals surface area contributed by atoms with Crippen LogP contribution in [0.25, 0.3) is 0 Å². The van der Waals surface area contributed by atoms with Crippen molar-refractivity contribution in [2.45, 2.75) is 25.4 Å². The maximum Gasteiger partial charge on any atom is 0.261 e. The Balaban J connectivity index is 1.40. The van der Waals surface area contributed by atoms with E-state index in [2.05, 4.69) is 5.32 Å². The Morgan fingerprint density at radius 2 is 2.30 bits per heavy atom. The molecule has 1 aliphatic heterocycles. The monoisotopic (exact) mass is 279 g/mol. The Morgan fingerprint density at radius 3 is 3.10 bits per heavy atom. The molecule has 20 heavy (non-hydrogen) atoms. The second-order valence-electron chi connectivity index (χ2n) is 5.37. The van der Waals surface area contributed by atoms with E-state index < -0.39 is 6.10 Å². The number of hydrogen-bond acceptors (Lipinski definition) is 3. The Hall–Kier alpha value is -1.62. The summed E-state index contributed by atoms with van der Waals surface area (Å²) in [6.07, 6.45) is 2.38. The number of carbonyl (C=O) groups excluding carboxylic acids is 1. The summed E-state index contributed by atoms with van der Waals surface area (Å²) < 4.78 is 24.0. The molecule has 0 spiro atoms. The molecule has 1 amide bonds. The van der Waals surface area contributed by atoms with Crippen molar-refractivity contribution < 1.29 is 18.7 Å². The number of rotatable bonds is 6. The van der Waals surface area contributed by atoms with Crippen molar-refractivity contribution in [3.05, 3.63) is 29.6 Å². The zero-order valence-electron chi connectivity index (χ0n) is 11.2. The number of halogens is 1. The topological polar surface area (TPSA) is 47.6 Å². The molecule has 2 aliphatic rings. The first-order valence-corrected chi connectivity index (χ1v) is 7.03. The minimum atomic E-state index is -0.560. The minimum absolute atomic E-state index is 0.170. The molecule has 5 heteroatoms. The molecule has 0 unspecified atom stereocenters. The predicted octanol–water partition coefficient (Wildman–Crippen LogP) is 1.67. The lowest BCUT2D eigenvalue weighted by Gasteiger charge is -2.11. The lowest BCUT2D eigenvalue weighted by Crippen LogP contribution is -2.39. The largest absolute Gasteiger partial charge is 0.480 e. The number of carbonyl (C=O) groups is 1. The summed E-state index contributed by atoms with van der Waals surface area (Å²) in [6.45, 7) is 1.80. The van der Waals surface area contributed by atoms with E-state index in [1.807, 2.05) is 0 Å². The fourth-order valence-electron chi connectivity index (χ4n) is 2.26. The van der Waals surface area contributed by atoms with Gasteiger partial charge in [-0.1, -0.05) is 0 Å². The standard InChI is InChI=1S/C15H18FNO3/c16-12-3-4-13-11(7-12)8-14(20-13)15(18)17-5-6-19-9-10-1-2-10/h3-4,7,10,14H,1-2,5-6,8-9H2,(H,17,18)/t14-/m1/s1. The van der Waals surface area contributed by atoms with Gasteiger partial charge in [-0.25, -0.2) is 4.39 Å². The summed E-state index contributed by atoms with van der Waals surface area (Å²) in [5.74, 6) is 0.850. The van der Waals surface area contributed by atoms with Crippen LogP contribution in [0.3, 0.4) is 0 Å². The van der Waals surface area contributed by atoms with Crippen molar-refractivity contribution in [3.63, 3.8) is 0 Å². The van der Waals surface area contributed by atoms with E-state index in [-0.39, 0.29) is 11.7 Å².